The predicted molar refractivity (Wildman–Crippen MR) is 68.9 cm³/mol. The molecule has 1 rings (SSSR count). The number of rotatable bonds is 7. The molecule has 88 valence electrons. The summed E-state index contributed by atoms with van der Waals surface area (Å²) in [6.07, 6.45) is 2.75. The van der Waals surface area contributed by atoms with Gasteiger partial charge in [-0.2, -0.15) is 0 Å². The first kappa shape index (κ1) is 13.2. The lowest BCUT2D eigenvalue weighted by Crippen LogP contribution is -2.29. The highest BCUT2D eigenvalue weighted by molar-refractivity contribution is 6.31. The molecule has 0 fully saturated rings. The molecule has 0 bridgehead atoms. The highest BCUT2D eigenvalue weighted by atomic mass is 35.5. The summed E-state index contributed by atoms with van der Waals surface area (Å²) < 4.78 is 0. The number of benzene rings is 1. The fraction of sp³-hybridized carbons (Fsp3) is 0.385. The molecule has 0 atom stereocenters. The summed E-state index contributed by atoms with van der Waals surface area (Å²) in [6.45, 7) is 6.24. The Bertz CT molecular complexity index is 327. The highest BCUT2D eigenvalue weighted by Crippen LogP contribution is 2.15. The minimum atomic E-state index is 0.177. The molecule has 0 aliphatic rings. The monoisotopic (exact) mass is 239 g/mol. The number of aliphatic hydroxyl groups is 1. The third kappa shape index (κ3) is 4.35. The summed E-state index contributed by atoms with van der Waals surface area (Å²) in [7, 11) is 0. The molecule has 0 heterocycles. The van der Waals surface area contributed by atoms with Crippen molar-refractivity contribution in [3.8, 4) is 0 Å². The van der Waals surface area contributed by atoms with Crippen molar-refractivity contribution in [2.75, 3.05) is 26.2 Å². The van der Waals surface area contributed by atoms with Crippen molar-refractivity contribution in [2.24, 2.45) is 0 Å². The number of nitrogens with zero attached hydrogens (tertiary/aromatic N) is 1. The maximum atomic E-state index is 8.91. The molecule has 0 unspecified atom stereocenters. The van der Waals surface area contributed by atoms with E-state index in [0.29, 0.717) is 6.54 Å². The van der Waals surface area contributed by atoms with Crippen LogP contribution in [0.25, 0.3) is 0 Å². The molecule has 2 nitrogen and oxygen atoms in total. The molecule has 1 aromatic rings. The van der Waals surface area contributed by atoms with Crippen LogP contribution >= 0.6 is 11.6 Å². The van der Waals surface area contributed by atoms with Gasteiger partial charge in [0.25, 0.3) is 0 Å². The number of aliphatic hydroxyl groups excluding tert-OH is 1. The molecule has 0 saturated carbocycles. The Hall–Kier alpha value is -0.830. The molecular weight excluding hydrogens is 222 g/mol. The van der Waals surface area contributed by atoms with E-state index < -0.39 is 0 Å². The van der Waals surface area contributed by atoms with Gasteiger partial charge in [0.15, 0.2) is 0 Å². The van der Waals surface area contributed by atoms with Crippen LogP contribution in [0.15, 0.2) is 36.9 Å². The van der Waals surface area contributed by atoms with Crippen LogP contribution in [0.5, 0.6) is 0 Å². The van der Waals surface area contributed by atoms with E-state index in [0.717, 1.165) is 30.1 Å². The highest BCUT2D eigenvalue weighted by Gasteiger charge is 2.04. The zero-order valence-electron chi connectivity index (χ0n) is 9.40. The van der Waals surface area contributed by atoms with Gasteiger partial charge < -0.3 is 5.11 Å². The Morgan fingerprint density at radius 2 is 2.06 bits per heavy atom. The Labute approximate surface area is 102 Å². The fourth-order valence-corrected chi connectivity index (χ4v) is 1.83. The Morgan fingerprint density at radius 3 is 2.69 bits per heavy atom. The van der Waals surface area contributed by atoms with Gasteiger partial charge in [0.05, 0.1) is 6.61 Å². The van der Waals surface area contributed by atoms with Crippen LogP contribution in [-0.2, 0) is 6.42 Å². The summed E-state index contributed by atoms with van der Waals surface area (Å²) in [4.78, 5) is 2.15. The maximum Gasteiger partial charge on any atom is 0.0558 e. The van der Waals surface area contributed by atoms with E-state index in [4.69, 9.17) is 16.7 Å². The van der Waals surface area contributed by atoms with Crippen molar-refractivity contribution in [2.45, 2.75) is 6.42 Å². The van der Waals surface area contributed by atoms with Crippen molar-refractivity contribution in [3.63, 3.8) is 0 Å². The maximum absolute atomic E-state index is 8.91. The molecular formula is C13H18ClNO. The van der Waals surface area contributed by atoms with Crippen LogP contribution in [0.1, 0.15) is 5.56 Å². The van der Waals surface area contributed by atoms with Gasteiger partial charge in [0, 0.05) is 24.7 Å². The van der Waals surface area contributed by atoms with Crippen LogP contribution in [-0.4, -0.2) is 36.2 Å². The van der Waals surface area contributed by atoms with Gasteiger partial charge in [-0.3, -0.25) is 4.90 Å². The van der Waals surface area contributed by atoms with E-state index in [1.54, 1.807) is 0 Å². The van der Waals surface area contributed by atoms with Gasteiger partial charge in [-0.15, -0.1) is 6.58 Å². The van der Waals surface area contributed by atoms with Crippen LogP contribution in [0.4, 0.5) is 0 Å². The Balaban J connectivity index is 2.48. The molecule has 0 aliphatic carbocycles. The summed E-state index contributed by atoms with van der Waals surface area (Å²) >= 11 is 6.07. The lowest BCUT2D eigenvalue weighted by molar-refractivity contribution is 0.210. The van der Waals surface area contributed by atoms with Gasteiger partial charge in [0.1, 0.15) is 0 Å². The van der Waals surface area contributed by atoms with Crippen LogP contribution < -0.4 is 0 Å². The van der Waals surface area contributed by atoms with Gasteiger partial charge in [-0.05, 0) is 18.1 Å². The lowest BCUT2D eigenvalue weighted by atomic mass is 10.1. The van der Waals surface area contributed by atoms with E-state index in [-0.39, 0.29) is 6.61 Å². The molecule has 16 heavy (non-hydrogen) atoms. The third-order valence-electron chi connectivity index (χ3n) is 2.46. The molecule has 0 radical (unpaired) electrons. The SMILES string of the molecule is C=CCN(CCO)CCc1ccccc1Cl. The van der Waals surface area contributed by atoms with Gasteiger partial charge in [0.2, 0.25) is 0 Å². The lowest BCUT2D eigenvalue weighted by Gasteiger charge is -2.19. The molecule has 0 aliphatic heterocycles. The van der Waals surface area contributed by atoms with E-state index >= 15 is 0 Å². The van der Waals surface area contributed by atoms with Crippen molar-refractivity contribution in [3.05, 3.63) is 47.5 Å². The van der Waals surface area contributed by atoms with Crippen LogP contribution in [0.3, 0.4) is 0 Å². The average molecular weight is 240 g/mol. The fourth-order valence-electron chi connectivity index (χ4n) is 1.60. The molecule has 0 saturated heterocycles. The van der Waals surface area contributed by atoms with Gasteiger partial charge in [-0.1, -0.05) is 35.9 Å². The minimum Gasteiger partial charge on any atom is -0.395 e. The van der Waals surface area contributed by atoms with Crippen molar-refractivity contribution >= 4 is 11.6 Å². The standard InChI is InChI=1S/C13H18ClNO/c1-2-8-15(10-11-16)9-7-12-5-3-4-6-13(12)14/h2-6,16H,1,7-11H2. The molecule has 0 amide bonds. The third-order valence-corrected chi connectivity index (χ3v) is 2.83. The summed E-state index contributed by atoms with van der Waals surface area (Å²) in [6, 6.07) is 7.86. The van der Waals surface area contributed by atoms with E-state index in [2.05, 4.69) is 11.5 Å². The molecule has 1 aromatic carbocycles. The molecule has 3 heteroatoms. The summed E-state index contributed by atoms with van der Waals surface area (Å²) in [5.74, 6) is 0. The second-order valence-electron chi connectivity index (χ2n) is 3.65. The first-order chi connectivity index (χ1) is 7.77. The largest absolute Gasteiger partial charge is 0.395 e. The zero-order chi connectivity index (χ0) is 11.8. The first-order valence-electron chi connectivity index (χ1n) is 5.45. The number of hydrogen-bond donors (Lipinski definition) is 1. The zero-order valence-corrected chi connectivity index (χ0v) is 10.2. The average Bonchev–Trinajstić information content (AvgIpc) is 2.28. The number of halogens is 1. The van der Waals surface area contributed by atoms with Gasteiger partial charge >= 0.3 is 0 Å². The normalized spacial score (nSPS) is 10.7. The molecule has 0 aromatic heterocycles. The van der Waals surface area contributed by atoms with Crippen molar-refractivity contribution < 1.29 is 5.11 Å². The van der Waals surface area contributed by atoms with Crippen molar-refractivity contribution in [1.29, 1.82) is 0 Å². The Kier molecular flexibility index (Phi) is 6.16. The van der Waals surface area contributed by atoms with E-state index in [1.165, 1.54) is 0 Å². The molecule has 0 spiro atoms. The second-order valence-corrected chi connectivity index (χ2v) is 4.06. The second kappa shape index (κ2) is 7.44. The Morgan fingerprint density at radius 1 is 1.31 bits per heavy atom. The summed E-state index contributed by atoms with van der Waals surface area (Å²) in [5, 5.41) is 9.72. The number of hydrogen-bond acceptors (Lipinski definition) is 2. The minimum absolute atomic E-state index is 0.177. The van der Waals surface area contributed by atoms with E-state index in [1.807, 2.05) is 30.3 Å². The molecule has 1 N–H and O–H groups in total. The first-order valence-corrected chi connectivity index (χ1v) is 5.83. The smallest absolute Gasteiger partial charge is 0.0558 e. The quantitative estimate of drug-likeness (QED) is 0.739. The van der Waals surface area contributed by atoms with E-state index in [9.17, 15) is 0 Å². The predicted octanol–water partition coefficient (Wildman–Crippen LogP) is 2.36. The summed E-state index contributed by atoms with van der Waals surface area (Å²) in [5.41, 5.74) is 1.15. The van der Waals surface area contributed by atoms with Crippen molar-refractivity contribution in [1.82, 2.24) is 4.90 Å². The van der Waals surface area contributed by atoms with Gasteiger partial charge in [-0.25, -0.2) is 0 Å². The van der Waals surface area contributed by atoms with Crippen LogP contribution in [0, 0.1) is 0 Å². The topological polar surface area (TPSA) is 23.5 Å². The van der Waals surface area contributed by atoms with Crippen LogP contribution in [0.2, 0.25) is 5.02 Å².